The summed E-state index contributed by atoms with van der Waals surface area (Å²) >= 11 is 1.31. The number of imide groups is 1. The number of anilines is 1. The van der Waals surface area contributed by atoms with Crippen LogP contribution in [0.25, 0.3) is 5.57 Å². The third-order valence-corrected chi connectivity index (χ3v) is 5.99. The molecule has 0 aromatic heterocycles. The molecule has 4 rings (SSSR count). The average Bonchev–Trinajstić information content (AvgIpc) is 3.02. The Bertz CT molecular complexity index is 1170. The average molecular weight is 448 g/mol. The molecule has 0 unspecified atom stereocenters. The highest BCUT2D eigenvalue weighted by Crippen LogP contribution is 2.40. The molecule has 0 fully saturated rings. The van der Waals surface area contributed by atoms with Crippen molar-refractivity contribution in [3.05, 3.63) is 101 Å². The molecule has 4 nitrogen and oxygen atoms in total. The van der Waals surface area contributed by atoms with E-state index in [-0.39, 0.29) is 11.8 Å². The molecule has 0 N–H and O–H groups in total. The van der Waals surface area contributed by atoms with Gasteiger partial charge in [0, 0.05) is 5.75 Å². The maximum absolute atomic E-state index is 13.8. The van der Waals surface area contributed by atoms with E-state index in [1.807, 2.05) is 44.2 Å². The van der Waals surface area contributed by atoms with Gasteiger partial charge in [0.15, 0.2) is 0 Å². The summed E-state index contributed by atoms with van der Waals surface area (Å²) in [7, 11) is 0. The van der Waals surface area contributed by atoms with E-state index in [1.165, 1.54) is 30.0 Å². The predicted molar refractivity (Wildman–Crippen MR) is 126 cm³/mol. The molecule has 1 aliphatic heterocycles. The summed E-state index contributed by atoms with van der Waals surface area (Å²) in [4.78, 5) is 28.1. The molecule has 0 aliphatic carbocycles. The standard InChI is InChI=1S/C26H22FNO3S/c1-17(2)31-22-13-11-19(12-14-22)23-24(32-16-18-7-4-3-5-8-18)26(30)28(25(23)29)21-10-6-9-20(27)15-21/h3-15,17H,16H2,1-2H3. The second kappa shape index (κ2) is 9.40. The number of amides is 2. The SMILES string of the molecule is CC(C)Oc1ccc(C2=C(SCc3ccccc3)C(=O)N(c3cccc(F)c3)C2=O)cc1. The molecular formula is C26H22FNO3S. The van der Waals surface area contributed by atoms with Gasteiger partial charge in [0.25, 0.3) is 11.8 Å². The summed E-state index contributed by atoms with van der Waals surface area (Å²) in [5, 5.41) is 0. The zero-order valence-electron chi connectivity index (χ0n) is 17.7. The molecule has 3 aromatic carbocycles. The Morgan fingerprint density at radius 1 is 0.906 bits per heavy atom. The summed E-state index contributed by atoms with van der Waals surface area (Å²) in [6.45, 7) is 3.87. The van der Waals surface area contributed by atoms with Gasteiger partial charge in [0.05, 0.1) is 22.3 Å². The van der Waals surface area contributed by atoms with E-state index >= 15 is 0 Å². The molecule has 0 bridgehead atoms. The maximum Gasteiger partial charge on any atom is 0.272 e. The van der Waals surface area contributed by atoms with Crippen LogP contribution in [0, 0.1) is 5.82 Å². The van der Waals surface area contributed by atoms with Gasteiger partial charge in [-0.25, -0.2) is 9.29 Å². The minimum atomic E-state index is -0.509. The molecule has 1 aliphatic rings. The van der Waals surface area contributed by atoms with E-state index in [2.05, 4.69) is 0 Å². The van der Waals surface area contributed by atoms with Gasteiger partial charge in [0.2, 0.25) is 0 Å². The molecule has 6 heteroatoms. The number of nitrogens with zero attached hydrogens (tertiary/aromatic N) is 1. The molecule has 0 atom stereocenters. The van der Waals surface area contributed by atoms with E-state index in [9.17, 15) is 14.0 Å². The van der Waals surface area contributed by atoms with Crippen molar-refractivity contribution >= 4 is 34.8 Å². The van der Waals surface area contributed by atoms with Gasteiger partial charge in [-0.2, -0.15) is 0 Å². The molecule has 0 saturated carbocycles. The molecular weight excluding hydrogens is 425 g/mol. The summed E-state index contributed by atoms with van der Waals surface area (Å²) in [5.74, 6) is -0.205. The zero-order valence-corrected chi connectivity index (χ0v) is 18.6. The maximum atomic E-state index is 13.8. The first kappa shape index (κ1) is 21.8. The monoisotopic (exact) mass is 447 g/mol. The van der Waals surface area contributed by atoms with Crippen LogP contribution in [0.4, 0.5) is 10.1 Å². The van der Waals surface area contributed by atoms with Crippen LogP contribution in [0.3, 0.4) is 0 Å². The van der Waals surface area contributed by atoms with Gasteiger partial charge < -0.3 is 4.74 Å². The van der Waals surface area contributed by atoms with E-state index in [0.717, 1.165) is 10.5 Å². The number of halogens is 1. The van der Waals surface area contributed by atoms with Crippen LogP contribution in [0.1, 0.15) is 25.0 Å². The highest BCUT2D eigenvalue weighted by atomic mass is 32.2. The first-order valence-corrected chi connectivity index (χ1v) is 11.2. The van der Waals surface area contributed by atoms with Crippen LogP contribution in [-0.2, 0) is 15.3 Å². The van der Waals surface area contributed by atoms with Crippen LogP contribution >= 0.6 is 11.8 Å². The largest absolute Gasteiger partial charge is 0.491 e. The number of thioether (sulfide) groups is 1. The van der Waals surface area contributed by atoms with Crippen molar-refractivity contribution in [3.63, 3.8) is 0 Å². The van der Waals surface area contributed by atoms with Gasteiger partial charge in [-0.15, -0.1) is 11.8 Å². The lowest BCUT2D eigenvalue weighted by molar-refractivity contribution is -0.119. The molecule has 3 aromatic rings. The fourth-order valence-corrected chi connectivity index (χ4v) is 4.52. The highest BCUT2D eigenvalue weighted by Gasteiger charge is 2.40. The minimum absolute atomic E-state index is 0.0233. The Morgan fingerprint density at radius 3 is 2.28 bits per heavy atom. The number of carbonyl (C=O) groups is 2. The Hall–Kier alpha value is -3.38. The van der Waals surface area contributed by atoms with Crippen molar-refractivity contribution in [1.82, 2.24) is 0 Å². The first-order valence-electron chi connectivity index (χ1n) is 10.3. The fourth-order valence-electron chi connectivity index (χ4n) is 3.45. The lowest BCUT2D eigenvalue weighted by Gasteiger charge is -2.15. The van der Waals surface area contributed by atoms with Gasteiger partial charge in [-0.05, 0) is 55.3 Å². The number of rotatable bonds is 7. The number of hydrogen-bond donors (Lipinski definition) is 0. The molecule has 1 heterocycles. The second-order valence-electron chi connectivity index (χ2n) is 7.59. The van der Waals surface area contributed by atoms with E-state index in [1.54, 1.807) is 30.3 Å². The molecule has 0 spiro atoms. The summed E-state index contributed by atoms with van der Waals surface area (Å²) in [5.41, 5.74) is 2.19. The summed E-state index contributed by atoms with van der Waals surface area (Å²) < 4.78 is 19.5. The second-order valence-corrected chi connectivity index (χ2v) is 8.58. The smallest absolute Gasteiger partial charge is 0.272 e. The van der Waals surface area contributed by atoms with Crippen molar-refractivity contribution in [1.29, 1.82) is 0 Å². The van der Waals surface area contributed by atoms with Crippen LogP contribution in [0.15, 0.2) is 83.8 Å². The molecule has 0 saturated heterocycles. The van der Waals surface area contributed by atoms with Gasteiger partial charge >= 0.3 is 0 Å². The molecule has 162 valence electrons. The lowest BCUT2D eigenvalue weighted by atomic mass is 10.1. The van der Waals surface area contributed by atoms with Crippen molar-refractivity contribution in [2.75, 3.05) is 4.90 Å². The predicted octanol–water partition coefficient (Wildman–Crippen LogP) is 5.83. The lowest BCUT2D eigenvalue weighted by Crippen LogP contribution is -2.31. The van der Waals surface area contributed by atoms with Crippen molar-refractivity contribution in [2.24, 2.45) is 0 Å². The topological polar surface area (TPSA) is 46.6 Å². The first-order chi connectivity index (χ1) is 15.4. The normalized spacial score (nSPS) is 13.9. The Balaban J connectivity index is 1.72. The van der Waals surface area contributed by atoms with Crippen LogP contribution < -0.4 is 9.64 Å². The van der Waals surface area contributed by atoms with E-state index in [0.29, 0.717) is 27.5 Å². The van der Waals surface area contributed by atoms with Crippen molar-refractivity contribution in [2.45, 2.75) is 25.7 Å². The molecule has 0 radical (unpaired) electrons. The third-order valence-electron chi connectivity index (χ3n) is 4.85. The fraction of sp³-hybridized carbons (Fsp3) is 0.154. The van der Waals surface area contributed by atoms with Crippen molar-refractivity contribution < 1.29 is 18.7 Å². The van der Waals surface area contributed by atoms with Crippen molar-refractivity contribution in [3.8, 4) is 5.75 Å². The van der Waals surface area contributed by atoms with Gasteiger partial charge in [-0.1, -0.05) is 48.5 Å². The van der Waals surface area contributed by atoms with Crippen LogP contribution in [-0.4, -0.2) is 17.9 Å². The summed E-state index contributed by atoms with van der Waals surface area (Å²) in [6.07, 6.45) is 0.0233. The number of carbonyl (C=O) groups excluding carboxylic acids is 2. The molecule has 32 heavy (non-hydrogen) atoms. The minimum Gasteiger partial charge on any atom is -0.491 e. The number of ether oxygens (including phenoxy) is 1. The number of hydrogen-bond acceptors (Lipinski definition) is 4. The number of benzene rings is 3. The molecule has 2 amide bonds. The van der Waals surface area contributed by atoms with E-state index < -0.39 is 17.6 Å². The summed E-state index contributed by atoms with van der Waals surface area (Å²) in [6, 6.07) is 22.3. The van der Waals surface area contributed by atoms with Gasteiger partial charge in [-0.3, -0.25) is 9.59 Å². The zero-order chi connectivity index (χ0) is 22.7. The Labute approximate surface area is 190 Å². The van der Waals surface area contributed by atoms with Crippen LogP contribution in [0.2, 0.25) is 0 Å². The Kier molecular flexibility index (Phi) is 6.42. The van der Waals surface area contributed by atoms with Crippen LogP contribution in [0.5, 0.6) is 5.75 Å². The van der Waals surface area contributed by atoms with Gasteiger partial charge in [0.1, 0.15) is 11.6 Å². The highest BCUT2D eigenvalue weighted by molar-refractivity contribution is 8.03. The van der Waals surface area contributed by atoms with E-state index in [4.69, 9.17) is 4.74 Å². The Morgan fingerprint density at radius 2 is 1.62 bits per heavy atom. The third kappa shape index (κ3) is 4.60. The quantitative estimate of drug-likeness (QED) is 0.428.